The molecule has 2 saturated carbocycles. The van der Waals surface area contributed by atoms with Crippen LogP contribution in [-0.4, -0.2) is 145 Å². The summed E-state index contributed by atoms with van der Waals surface area (Å²) in [5.74, 6) is -2.56. The summed E-state index contributed by atoms with van der Waals surface area (Å²) in [7, 11) is 3.32. The molecule has 418 valence electrons. The number of benzene rings is 1. The molecule has 2 saturated heterocycles. The van der Waals surface area contributed by atoms with Gasteiger partial charge in [-0.15, -0.1) is 24.8 Å². The van der Waals surface area contributed by atoms with Crippen LogP contribution in [0.5, 0.6) is 0 Å². The van der Waals surface area contributed by atoms with Crippen LogP contribution in [0.4, 0.5) is 0 Å². The number of halogens is 2. The Morgan fingerprint density at radius 2 is 0.865 bits per heavy atom. The molecule has 1 aromatic rings. The van der Waals surface area contributed by atoms with Gasteiger partial charge in [-0.2, -0.15) is 0 Å². The van der Waals surface area contributed by atoms with Crippen LogP contribution in [0.1, 0.15) is 167 Å². The Hall–Kier alpha value is -4.52. The monoisotopic (exact) mass is 1080 g/mol. The third-order valence-electron chi connectivity index (χ3n) is 15.7. The second-order valence-electron chi connectivity index (χ2n) is 23.4. The fourth-order valence-electron chi connectivity index (χ4n) is 10.8. The summed E-state index contributed by atoms with van der Waals surface area (Å²) in [6, 6.07) is -0.193. The molecule has 10 atom stereocenters. The molecule has 4 aliphatic rings. The lowest BCUT2D eigenvalue weighted by atomic mass is 9.84. The first kappa shape index (κ1) is 63.8. The van der Waals surface area contributed by atoms with Crippen LogP contribution in [0, 0.1) is 22.7 Å². The summed E-state index contributed by atoms with van der Waals surface area (Å²) < 4.78 is 0. The van der Waals surface area contributed by atoms with Crippen LogP contribution in [0.3, 0.4) is 0 Å². The number of amides is 8. The molecule has 8 N–H and O–H groups in total. The highest BCUT2D eigenvalue weighted by molar-refractivity contribution is 6.01. The van der Waals surface area contributed by atoms with E-state index in [1.165, 1.54) is 28.7 Å². The minimum atomic E-state index is -0.968. The molecule has 0 aromatic heterocycles. The van der Waals surface area contributed by atoms with Crippen molar-refractivity contribution in [2.24, 2.45) is 22.7 Å². The quantitative estimate of drug-likeness (QED) is 0.103. The highest BCUT2D eigenvalue weighted by Gasteiger charge is 2.48. The van der Waals surface area contributed by atoms with Crippen LogP contribution in [0.15, 0.2) is 24.3 Å². The van der Waals surface area contributed by atoms with Crippen molar-refractivity contribution in [1.82, 2.24) is 52.3 Å². The van der Waals surface area contributed by atoms with Gasteiger partial charge in [-0.3, -0.25) is 38.4 Å². The van der Waals surface area contributed by atoms with Crippen molar-refractivity contribution < 1.29 is 38.4 Å². The summed E-state index contributed by atoms with van der Waals surface area (Å²) in [6.07, 6.45) is 11.1. The lowest BCUT2D eigenvalue weighted by molar-refractivity contribution is -0.144. The summed E-state index contributed by atoms with van der Waals surface area (Å²) in [6.45, 7) is 18.6. The first-order valence-electron chi connectivity index (χ1n) is 26.7. The van der Waals surface area contributed by atoms with Crippen LogP contribution in [-0.2, 0) is 28.8 Å². The molecule has 18 nitrogen and oxygen atoms in total. The maximum Gasteiger partial charge on any atom is 0.251 e. The first-order valence-corrected chi connectivity index (χ1v) is 26.7. The normalized spacial score (nSPS) is 23.0. The molecule has 1 aromatic carbocycles. The number of likely N-dealkylation sites (tertiary alicyclic amines) is 2. The largest absolute Gasteiger partial charge is 0.352 e. The van der Waals surface area contributed by atoms with Gasteiger partial charge in [0.15, 0.2) is 0 Å². The van der Waals surface area contributed by atoms with E-state index in [0.29, 0.717) is 11.8 Å². The highest BCUT2D eigenvalue weighted by Crippen LogP contribution is 2.31. The molecule has 4 fully saturated rings. The van der Waals surface area contributed by atoms with Gasteiger partial charge in [0.05, 0.1) is 12.1 Å². The minimum Gasteiger partial charge on any atom is -0.352 e. The van der Waals surface area contributed by atoms with E-state index in [1.807, 2.05) is 55.4 Å². The first-order chi connectivity index (χ1) is 33.8. The van der Waals surface area contributed by atoms with Gasteiger partial charge in [0.25, 0.3) is 11.8 Å². The summed E-state index contributed by atoms with van der Waals surface area (Å²) in [5.41, 5.74) is -1.08. The average Bonchev–Trinajstić information content (AvgIpc) is 3.98. The topological polar surface area (TPSA) is 239 Å². The van der Waals surface area contributed by atoms with Gasteiger partial charge in [0.1, 0.15) is 24.2 Å². The molecule has 0 spiro atoms. The third-order valence-corrected chi connectivity index (χ3v) is 15.7. The van der Waals surface area contributed by atoms with E-state index in [1.54, 1.807) is 46.1 Å². The summed E-state index contributed by atoms with van der Waals surface area (Å²) in [5, 5.41) is 24.1. The second kappa shape index (κ2) is 28.0. The summed E-state index contributed by atoms with van der Waals surface area (Å²) in [4.78, 5) is 115. The second-order valence-corrected chi connectivity index (χ2v) is 23.4. The predicted octanol–water partition coefficient (Wildman–Crippen LogP) is 4.38. The third kappa shape index (κ3) is 16.7. The zero-order valence-corrected chi connectivity index (χ0v) is 47.7. The van der Waals surface area contributed by atoms with Gasteiger partial charge in [0, 0.05) is 48.4 Å². The van der Waals surface area contributed by atoms with Gasteiger partial charge in [-0.05, 0) is 121 Å². The average molecular weight is 1080 g/mol. The highest BCUT2D eigenvalue weighted by atomic mass is 35.5. The van der Waals surface area contributed by atoms with Crippen molar-refractivity contribution in [2.45, 2.75) is 207 Å². The van der Waals surface area contributed by atoms with Gasteiger partial charge >= 0.3 is 0 Å². The van der Waals surface area contributed by atoms with E-state index in [-0.39, 0.29) is 97.6 Å². The number of hydrogen-bond donors (Lipinski definition) is 8. The van der Waals surface area contributed by atoms with Crippen LogP contribution >= 0.6 is 24.8 Å². The Morgan fingerprint density at radius 3 is 1.18 bits per heavy atom. The molecule has 2 aliphatic carbocycles. The SMILES string of the molecule is CN[C@@H](C)C(=O)N[C@H](C(=O)N1C[C@@H](NC(=O)c2cccc(C(=O)N[C@H]3C[C@@H](C(=O)N[C@H](C)C4CCCCC4)N(C(=O)[C@@H](NC(=O)[C@H](C)NC)C(C)(C)C)C3)c2)C[C@H]1C(=O)N[C@H](C)C1CCCCC1)C(C)(C)C.Cl.Cl. The number of rotatable bonds is 18. The van der Waals surface area contributed by atoms with Crippen molar-refractivity contribution >= 4 is 72.1 Å². The Balaban J connectivity index is 0.00000722. The molecular formula is C54H90Cl2N10O8. The molecule has 0 radical (unpaired) electrons. The Kier molecular flexibility index (Phi) is 24.2. The zero-order chi connectivity index (χ0) is 53.2. The van der Waals surface area contributed by atoms with Gasteiger partial charge in [-0.25, -0.2) is 0 Å². The predicted molar refractivity (Wildman–Crippen MR) is 292 cm³/mol. The molecule has 20 heteroatoms. The van der Waals surface area contributed by atoms with Gasteiger partial charge < -0.3 is 52.3 Å². The van der Waals surface area contributed by atoms with E-state index in [0.717, 1.165) is 51.4 Å². The molecular weight excluding hydrogens is 988 g/mol. The Labute approximate surface area is 452 Å². The number of likely N-dealkylation sites (N-methyl/N-ethyl adjacent to an activating group) is 2. The van der Waals surface area contributed by atoms with Crippen molar-refractivity contribution in [3.8, 4) is 0 Å². The van der Waals surface area contributed by atoms with Gasteiger partial charge in [-0.1, -0.05) is 86.1 Å². The smallest absolute Gasteiger partial charge is 0.251 e. The van der Waals surface area contributed by atoms with E-state index in [9.17, 15) is 38.4 Å². The molecule has 2 heterocycles. The van der Waals surface area contributed by atoms with E-state index < -0.39 is 82.8 Å². The van der Waals surface area contributed by atoms with Crippen molar-refractivity contribution in [3.05, 3.63) is 35.4 Å². The number of nitrogens with one attached hydrogen (secondary N) is 8. The lowest BCUT2D eigenvalue weighted by Crippen LogP contribution is -2.60. The lowest BCUT2D eigenvalue weighted by Gasteiger charge is -2.36. The minimum absolute atomic E-state index is 0. The van der Waals surface area contributed by atoms with Crippen molar-refractivity contribution in [1.29, 1.82) is 0 Å². The van der Waals surface area contributed by atoms with Crippen LogP contribution in [0.25, 0.3) is 0 Å². The van der Waals surface area contributed by atoms with Crippen molar-refractivity contribution in [2.75, 3.05) is 27.2 Å². The van der Waals surface area contributed by atoms with Crippen molar-refractivity contribution in [3.63, 3.8) is 0 Å². The standard InChI is InChI=1S/C54H88N10O8.2ClH/c1-31(35-20-15-13-16-21-35)57-49(69)41-27-39(29-63(41)51(71)43(53(5,6)7)61-45(65)33(3)55-11)59-47(67)37-24-19-25-38(26-37)48(68)60-40-28-42(50(70)58-32(2)36-22-17-14-18-23-36)64(30-40)52(72)44(54(8,9)10)62-46(66)34(4)56-12;;/h19,24-26,31-36,39-44,55-56H,13-18,20-23,27-30H2,1-12H3,(H,57,69)(H,58,70)(H,59,67)(H,60,68)(H,61,65)(H,62,66);2*1H/t31-,32-,33+,34+,39+,40+,41+,42+,43-,44-;;/m1../s1. The van der Waals surface area contributed by atoms with E-state index in [4.69, 9.17) is 0 Å². The summed E-state index contributed by atoms with van der Waals surface area (Å²) >= 11 is 0. The van der Waals surface area contributed by atoms with Gasteiger partial charge in [0.2, 0.25) is 35.4 Å². The Morgan fingerprint density at radius 1 is 0.527 bits per heavy atom. The van der Waals surface area contributed by atoms with E-state index >= 15 is 0 Å². The molecule has 0 unspecified atom stereocenters. The molecule has 0 bridgehead atoms. The molecule has 8 amide bonds. The molecule has 2 aliphatic heterocycles. The fraction of sp³-hybridized carbons (Fsp3) is 0.741. The van der Waals surface area contributed by atoms with E-state index in [2.05, 4.69) is 42.5 Å². The number of carbonyl (C=O) groups excluding carboxylic acids is 8. The molecule has 74 heavy (non-hydrogen) atoms. The molecule has 5 rings (SSSR count). The number of carbonyl (C=O) groups is 8. The maximum absolute atomic E-state index is 14.6. The maximum atomic E-state index is 14.6. The van der Waals surface area contributed by atoms with Crippen LogP contribution in [0.2, 0.25) is 0 Å². The number of hydrogen-bond acceptors (Lipinski definition) is 10. The fourth-order valence-corrected chi connectivity index (χ4v) is 10.8. The number of nitrogens with zero attached hydrogens (tertiary/aromatic N) is 2. The Bertz CT molecular complexity index is 1960. The zero-order valence-electron chi connectivity index (χ0n) is 46.1. The van der Waals surface area contributed by atoms with Crippen LogP contribution < -0.4 is 42.5 Å².